The molecular formula is C15H21FN2O. The summed E-state index contributed by atoms with van der Waals surface area (Å²) in [6, 6.07) is 6.03. The van der Waals surface area contributed by atoms with Crippen molar-refractivity contribution in [2.75, 3.05) is 18.0 Å². The molecule has 19 heavy (non-hydrogen) atoms. The van der Waals surface area contributed by atoms with Crippen LogP contribution < -0.4 is 10.2 Å². The average Bonchev–Trinajstić information content (AvgIpc) is 3.23. The van der Waals surface area contributed by atoms with Crippen LogP contribution >= 0.6 is 0 Å². The van der Waals surface area contributed by atoms with Gasteiger partial charge in [-0.2, -0.15) is 0 Å². The Balaban J connectivity index is 1.69. The first-order valence-electron chi connectivity index (χ1n) is 7.17. The fraction of sp³-hybridized carbons (Fsp3) is 0.600. The summed E-state index contributed by atoms with van der Waals surface area (Å²) in [7, 11) is 0. The zero-order valence-corrected chi connectivity index (χ0v) is 11.1. The highest BCUT2D eigenvalue weighted by Crippen LogP contribution is 2.25. The largest absolute Gasteiger partial charge is 0.393 e. The van der Waals surface area contributed by atoms with Gasteiger partial charge in [-0.3, -0.25) is 0 Å². The normalized spacial score (nSPS) is 20.8. The average molecular weight is 264 g/mol. The number of aliphatic hydroxyl groups excluding tert-OH is 1. The third kappa shape index (κ3) is 3.25. The van der Waals surface area contributed by atoms with Crippen molar-refractivity contribution in [2.45, 2.75) is 44.4 Å². The van der Waals surface area contributed by atoms with Crippen LogP contribution in [0.5, 0.6) is 0 Å². The van der Waals surface area contributed by atoms with Gasteiger partial charge in [0.1, 0.15) is 5.82 Å². The quantitative estimate of drug-likeness (QED) is 0.873. The van der Waals surface area contributed by atoms with Gasteiger partial charge in [-0.15, -0.1) is 0 Å². The van der Waals surface area contributed by atoms with Gasteiger partial charge >= 0.3 is 0 Å². The first-order valence-corrected chi connectivity index (χ1v) is 7.17. The van der Waals surface area contributed by atoms with E-state index in [1.807, 2.05) is 17.0 Å². The number of rotatable bonds is 4. The minimum atomic E-state index is -0.223. The van der Waals surface area contributed by atoms with E-state index in [1.54, 1.807) is 6.07 Å². The van der Waals surface area contributed by atoms with E-state index in [1.165, 1.54) is 12.8 Å². The van der Waals surface area contributed by atoms with Gasteiger partial charge in [-0.1, -0.05) is 6.07 Å². The van der Waals surface area contributed by atoms with E-state index in [-0.39, 0.29) is 11.9 Å². The molecule has 1 saturated carbocycles. The van der Waals surface area contributed by atoms with Crippen LogP contribution in [-0.2, 0) is 6.54 Å². The second-order valence-electron chi connectivity index (χ2n) is 5.66. The standard InChI is InChI=1S/C15H21FN2O/c16-14-4-1-11(10-17-12-2-3-12)9-15(14)18-7-5-13(19)6-8-18/h1,4,9,12-13,17,19H,2-3,5-8,10H2. The van der Waals surface area contributed by atoms with Crippen LogP contribution in [0.3, 0.4) is 0 Å². The molecule has 1 aliphatic carbocycles. The van der Waals surface area contributed by atoms with Crippen molar-refractivity contribution in [1.82, 2.24) is 5.32 Å². The molecule has 1 aromatic carbocycles. The van der Waals surface area contributed by atoms with E-state index in [0.29, 0.717) is 11.7 Å². The maximum absolute atomic E-state index is 13.9. The molecule has 0 aromatic heterocycles. The summed E-state index contributed by atoms with van der Waals surface area (Å²) in [5.41, 5.74) is 1.82. The lowest BCUT2D eigenvalue weighted by Gasteiger charge is -2.32. The molecule has 3 rings (SSSR count). The van der Waals surface area contributed by atoms with Crippen LogP contribution in [0, 0.1) is 5.82 Å². The lowest BCUT2D eigenvalue weighted by Crippen LogP contribution is -2.36. The van der Waals surface area contributed by atoms with Crippen LogP contribution in [0.1, 0.15) is 31.2 Å². The summed E-state index contributed by atoms with van der Waals surface area (Å²) < 4.78 is 13.9. The third-order valence-electron chi connectivity index (χ3n) is 3.99. The third-order valence-corrected chi connectivity index (χ3v) is 3.99. The molecule has 4 heteroatoms. The number of nitrogens with one attached hydrogen (secondary N) is 1. The van der Waals surface area contributed by atoms with Crippen molar-refractivity contribution >= 4 is 5.69 Å². The number of anilines is 1. The molecule has 2 N–H and O–H groups in total. The van der Waals surface area contributed by atoms with Gasteiger partial charge < -0.3 is 15.3 Å². The van der Waals surface area contributed by atoms with E-state index < -0.39 is 0 Å². The molecule has 0 bridgehead atoms. The highest BCUT2D eigenvalue weighted by atomic mass is 19.1. The number of nitrogens with zero attached hydrogens (tertiary/aromatic N) is 1. The minimum Gasteiger partial charge on any atom is -0.393 e. The summed E-state index contributed by atoms with van der Waals surface area (Å²) in [4.78, 5) is 2.04. The molecular weight excluding hydrogens is 243 g/mol. The smallest absolute Gasteiger partial charge is 0.146 e. The van der Waals surface area contributed by atoms with Crippen molar-refractivity contribution < 1.29 is 9.50 Å². The van der Waals surface area contributed by atoms with E-state index in [4.69, 9.17) is 0 Å². The first kappa shape index (κ1) is 12.9. The summed E-state index contributed by atoms with van der Waals surface area (Å²) in [6.45, 7) is 2.28. The summed E-state index contributed by atoms with van der Waals surface area (Å²) in [5, 5.41) is 13.0. The molecule has 104 valence electrons. The first-order chi connectivity index (χ1) is 9.22. The molecule has 0 radical (unpaired) electrons. The van der Waals surface area contributed by atoms with E-state index in [2.05, 4.69) is 5.32 Å². The zero-order valence-electron chi connectivity index (χ0n) is 11.1. The Bertz CT molecular complexity index is 440. The van der Waals surface area contributed by atoms with Crippen molar-refractivity contribution in [3.05, 3.63) is 29.6 Å². The van der Waals surface area contributed by atoms with Gasteiger partial charge in [0.2, 0.25) is 0 Å². The zero-order chi connectivity index (χ0) is 13.2. The Morgan fingerprint density at radius 1 is 1.21 bits per heavy atom. The molecule has 2 fully saturated rings. The molecule has 1 aromatic rings. The SMILES string of the molecule is OC1CCN(c2cc(CNC3CC3)ccc2F)CC1. The van der Waals surface area contributed by atoms with Gasteiger partial charge in [-0.25, -0.2) is 4.39 Å². The van der Waals surface area contributed by atoms with E-state index in [9.17, 15) is 9.50 Å². The number of benzene rings is 1. The number of hydrogen-bond donors (Lipinski definition) is 2. The summed E-state index contributed by atoms with van der Waals surface area (Å²) in [6.07, 6.45) is 3.75. The monoisotopic (exact) mass is 264 g/mol. The topological polar surface area (TPSA) is 35.5 Å². The van der Waals surface area contributed by atoms with Crippen LogP contribution in [0.25, 0.3) is 0 Å². The van der Waals surface area contributed by atoms with Crippen LogP contribution in [-0.4, -0.2) is 30.3 Å². The molecule has 1 saturated heterocycles. The van der Waals surface area contributed by atoms with Crippen molar-refractivity contribution in [2.24, 2.45) is 0 Å². The lowest BCUT2D eigenvalue weighted by molar-refractivity contribution is 0.145. The number of aliphatic hydroxyl groups is 1. The maximum Gasteiger partial charge on any atom is 0.146 e. The molecule has 0 atom stereocenters. The molecule has 0 spiro atoms. The van der Waals surface area contributed by atoms with Crippen molar-refractivity contribution in [3.8, 4) is 0 Å². The Kier molecular flexibility index (Phi) is 3.71. The number of hydrogen-bond acceptors (Lipinski definition) is 3. The number of piperidine rings is 1. The van der Waals surface area contributed by atoms with Crippen molar-refractivity contribution in [1.29, 1.82) is 0 Å². The predicted molar refractivity (Wildman–Crippen MR) is 73.7 cm³/mol. The summed E-state index contributed by atoms with van der Waals surface area (Å²) >= 11 is 0. The highest BCUT2D eigenvalue weighted by molar-refractivity contribution is 5.50. The van der Waals surface area contributed by atoms with Gasteiger partial charge in [-0.05, 0) is 43.4 Å². The fourth-order valence-corrected chi connectivity index (χ4v) is 2.57. The highest BCUT2D eigenvalue weighted by Gasteiger charge is 2.22. The van der Waals surface area contributed by atoms with Gasteiger partial charge in [0.05, 0.1) is 11.8 Å². The molecule has 1 heterocycles. The molecule has 0 unspecified atom stereocenters. The van der Waals surface area contributed by atoms with Gasteiger partial charge in [0, 0.05) is 25.7 Å². The second kappa shape index (κ2) is 5.47. The lowest BCUT2D eigenvalue weighted by atomic mass is 10.1. The Morgan fingerprint density at radius 3 is 2.63 bits per heavy atom. The molecule has 3 nitrogen and oxygen atoms in total. The summed E-state index contributed by atoms with van der Waals surface area (Å²) in [5.74, 6) is -0.161. The van der Waals surface area contributed by atoms with Crippen LogP contribution in [0.4, 0.5) is 10.1 Å². The molecule has 0 amide bonds. The van der Waals surface area contributed by atoms with E-state index in [0.717, 1.165) is 38.0 Å². The Hall–Kier alpha value is -1.13. The van der Waals surface area contributed by atoms with Crippen molar-refractivity contribution in [3.63, 3.8) is 0 Å². The van der Waals surface area contributed by atoms with Gasteiger partial charge in [0.15, 0.2) is 0 Å². The van der Waals surface area contributed by atoms with Crippen LogP contribution in [0.15, 0.2) is 18.2 Å². The minimum absolute atomic E-state index is 0.161. The van der Waals surface area contributed by atoms with Gasteiger partial charge in [0.25, 0.3) is 0 Å². The van der Waals surface area contributed by atoms with Crippen LogP contribution in [0.2, 0.25) is 0 Å². The Labute approximate surface area is 113 Å². The maximum atomic E-state index is 13.9. The van der Waals surface area contributed by atoms with E-state index >= 15 is 0 Å². The number of halogens is 1. The second-order valence-corrected chi connectivity index (χ2v) is 5.66. The fourth-order valence-electron chi connectivity index (χ4n) is 2.57. The molecule has 1 aliphatic heterocycles. The Morgan fingerprint density at radius 2 is 1.95 bits per heavy atom. The molecule has 2 aliphatic rings. The predicted octanol–water partition coefficient (Wildman–Crippen LogP) is 2.04.